The van der Waals surface area contributed by atoms with Gasteiger partial charge in [0.15, 0.2) is 0 Å². The van der Waals surface area contributed by atoms with Crippen LogP contribution in [0.1, 0.15) is 111 Å². The highest BCUT2D eigenvalue weighted by Gasteiger charge is 2.29. The smallest absolute Gasteiger partial charge is 0.105 e. The minimum atomic E-state index is -0.349. The Balaban J connectivity index is 3.78. The van der Waals surface area contributed by atoms with Crippen molar-refractivity contribution in [2.24, 2.45) is 0 Å². The van der Waals surface area contributed by atoms with Crippen molar-refractivity contribution in [2.75, 3.05) is 26.2 Å². The fourth-order valence-electron chi connectivity index (χ4n) is 4.59. The van der Waals surface area contributed by atoms with Crippen LogP contribution in [0.5, 0.6) is 0 Å². The van der Waals surface area contributed by atoms with E-state index >= 15 is 0 Å². The molecule has 0 aromatic heterocycles. The van der Waals surface area contributed by atoms with E-state index in [-0.39, 0.29) is 12.2 Å². The van der Waals surface area contributed by atoms with Crippen molar-refractivity contribution in [2.45, 2.75) is 123 Å². The van der Waals surface area contributed by atoms with Crippen molar-refractivity contribution < 1.29 is 14.7 Å². The first-order chi connectivity index (χ1) is 14.5. The predicted molar refractivity (Wildman–Crippen MR) is 133 cm³/mol. The summed E-state index contributed by atoms with van der Waals surface area (Å²) in [5.41, 5.74) is 0. The third-order valence-electron chi connectivity index (χ3n) is 5.96. The number of nitrogens with zero attached hydrogens (tertiary/aromatic N) is 1. The second-order valence-corrected chi connectivity index (χ2v) is 9.54. The highest BCUT2D eigenvalue weighted by molar-refractivity contribution is 4.81. The highest BCUT2D eigenvalue weighted by atomic mass is 16.3. The van der Waals surface area contributed by atoms with Crippen molar-refractivity contribution in [3.8, 4) is 0 Å². The number of allylic oxidation sites excluding steroid dienone is 2. The topological polar surface area (TPSA) is 40.5 Å². The van der Waals surface area contributed by atoms with Crippen molar-refractivity contribution in [3.05, 3.63) is 24.8 Å². The Kier molecular flexibility index (Phi) is 19.8. The van der Waals surface area contributed by atoms with Gasteiger partial charge in [-0.05, 0) is 58.4 Å². The molecule has 0 rings (SSSR count). The summed E-state index contributed by atoms with van der Waals surface area (Å²) in [5.74, 6) is 0. The summed E-state index contributed by atoms with van der Waals surface area (Å²) in [6.45, 7) is 13.1. The standard InChI is InChI=1S/C27H54NO2/c1-5-7-8-9-10-11-12-13-14-15-16-17-18-19-20-21-23-28(22-6-2,24-26(3)29)25-27(4)30/h6,13-14,26-27,29-30H,2,5,7-12,15-25H2,1,3-4H3/q+1/b14-13-. The lowest BCUT2D eigenvalue weighted by Gasteiger charge is -2.40. The van der Waals surface area contributed by atoms with E-state index in [0.29, 0.717) is 13.1 Å². The fraction of sp³-hybridized carbons (Fsp3) is 0.852. The van der Waals surface area contributed by atoms with Gasteiger partial charge in [-0.15, -0.1) is 0 Å². The molecule has 0 radical (unpaired) electrons. The van der Waals surface area contributed by atoms with Crippen molar-refractivity contribution >= 4 is 0 Å². The first-order valence-electron chi connectivity index (χ1n) is 12.9. The summed E-state index contributed by atoms with van der Waals surface area (Å²) in [7, 11) is 0. The molecule has 0 fully saturated rings. The zero-order valence-corrected chi connectivity index (χ0v) is 20.7. The molecule has 0 aliphatic carbocycles. The van der Waals surface area contributed by atoms with E-state index in [1.807, 2.05) is 19.9 Å². The van der Waals surface area contributed by atoms with Crippen LogP contribution in [0.15, 0.2) is 24.8 Å². The quantitative estimate of drug-likeness (QED) is 0.114. The Morgan fingerprint density at radius 2 is 1.13 bits per heavy atom. The molecule has 0 aromatic carbocycles. The molecule has 0 aliphatic heterocycles. The molecule has 0 saturated carbocycles. The van der Waals surface area contributed by atoms with Crippen molar-refractivity contribution in [1.82, 2.24) is 0 Å². The van der Waals surface area contributed by atoms with Crippen LogP contribution >= 0.6 is 0 Å². The summed E-state index contributed by atoms with van der Waals surface area (Å²) in [6, 6.07) is 0. The summed E-state index contributed by atoms with van der Waals surface area (Å²) in [5, 5.41) is 19.9. The summed E-state index contributed by atoms with van der Waals surface area (Å²) < 4.78 is 0.752. The number of quaternary nitrogens is 1. The molecule has 0 aliphatic rings. The highest BCUT2D eigenvalue weighted by Crippen LogP contribution is 2.16. The van der Waals surface area contributed by atoms with Crippen LogP contribution in [0.25, 0.3) is 0 Å². The molecule has 0 aromatic rings. The number of aliphatic hydroxyl groups is 2. The fourth-order valence-corrected chi connectivity index (χ4v) is 4.59. The van der Waals surface area contributed by atoms with E-state index in [1.165, 1.54) is 83.5 Å². The molecule has 0 amide bonds. The third kappa shape index (κ3) is 18.2. The Hall–Kier alpha value is -0.640. The van der Waals surface area contributed by atoms with Crippen LogP contribution in [0, 0.1) is 0 Å². The van der Waals surface area contributed by atoms with E-state index in [9.17, 15) is 10.2 Å². The number of rotatable bonds is 22. The number of hydrogen-bond donors (Lipinski definition) is 2. The van der Waals surface area contributed by atoms with E-state index < -0.39 is 0 Å². The largest absolute Gasteiger partial charge is 0.388 e. The zero-order valence-electron chi connectivity index (χ0n) is 20.7. The maximum Gasteiger partial charge on any atom is 0.105 e. The molecular weight excluding hydrogens is 370 g/mol. The summed E-state index contributed by atoms with van der Waals surface area (Å²) >= 11 is 0. The van der Waals surface area contributed by atoms with Gasteiger partial charge in [-0.25, -0.2) is 0 Å². The zero-order chi connectivity index (χ0) is 22.5. The SMILES string of the molecule is C=CC[N+](CCCCCCCC/C=C\CCCCCCCC)(CC(C)O)CC(C)O. The van der Waals surface area contributed by atoms with Gasteiger partial charge in [0.05, 0.1) is 13.1 Å². The number of hydrogen-bond acceptors (Lipinski definition) is 2. The van der Waals surface area contributed by atoms with E-state index in [1.54, 1.807) is 0 Å². The summed E-state index contributed by atoms with van der Waals surface area (Å²) in [4.78, 5) is 0. The van der Waals surface area contributed by atoms with Crippen molar-refractivity contribution in [1.29, 1.82) is 0 Å². The van der Waals surface area contributed by atoms with E-state index in [2.05, 4.69) is 25.7 Å². The van der Waals surface area contributed by atoms with Crippen LogP contribution in [0.2, 0.25) is 0 Å². The van der Waals surface area contributed by atoms with Crippen LogP contribution in [-0.4, -0.2) is 53.1 Å². The minimum Gasteiger partial charge on any atom is -0.388 e. The van der Waals surface area contributed by atoms with Gasteiger partial charge in [0.2, 0.25) is 0 Å². The Labute approximate surface area is 188 Å². The molecule has 30 heavy (non-hydrogen) atoms. The molecule has 3 nitrogen and oxygen atoms in total. The molecule has 3 heteroatoms. The molecule has 2 N–H and O–H groups in total. The van der Waals surface area contributed by atoms with Crippen LogP contribution in [-0.2, 0) is 0 Å². The maximum atomic E-state index is 9.93. The molecule has 0 saturated heterocycles. The molecule has 0 spiro atoms. The molecule has 178 valence electrons. The average molecular weight is 425 g/mol. The molecular formula is C27H54NO2+. The van der Waals surface area contributed by atoms with Gasteiger partial charge >= 0.3 is 0 Å². The predicted octanol–water partition coefficient (Wildman–Crippen LogP) is 6.79. The lowest BCUT2D eigenvalue weighted by Crippen LogP contribution is -2.55. The van der Waals surface area contributed by atoms with Crippen LogP contribution in [0.3, 0.4) is 0 Å². The van der Waals surface area contributed by atoms with Gasteiger partial charge in [-0.3, -0.25) is 0 Å². The third-order valence-corrected chi connectivity index (χ3v) is 5.96. The average Bonchev–Trinajstić information content (AvgIpc) is 2.66. The van der Waals surface area contributed by atoms with Gasteiger partial charge in [0.25, 0.3) is 0 Å². The second kappa shape index (κ2) is 20.3. The molecule has 2 atom stereocenters. The van der Waals surface area contributed by atoms with Gasteiger partial charge in [0.1, 0.15) is 25.3 Å². The molecule has 2 unspecified atom stereocenters. The van der Waals surface area contributed by atoms with Crippen molar-refractivity contribution in [3.63, 3.8) is 0 Å². The number of unbranched alkanes of at least 4 members (excludes halogenated alkanes) is 12. The van der Waals surface area contributed by atoms with Gasteiger partial charge < -0.3 is 14.7 Å². The Bertz CT molecular complexity index is 394. The molecule has 0 heterocycles. The summed E-state index contributed by atoms with van der Waals surface area (Å²) in [6.07, 6.45) is 24.5. The number of aliphatic hydroxyl groups excluding tert-OH is 2. The molecule has 0 bridgehead atoms. The maximum absolute atomic E-state index is 9.93. The Morgan fingerprint density at radius 3 is 1.57 bits per heavy atom. The lowest BCUT2D eigenvalue weighted by molar-refractivity contribution is -0.928. The van der Waals surface area contributed by atoms with Crippen LogP contribution in [0.4, 0.5) is 0 Å². The van der Waals surface area contributed by atoms with E-state index in [0.717, 1.165) is 24.0 Å². The first-order valence-corrected chi connectivity index (χ1v) is 12.9. The monoisotopic (exact) mass is 424 g/mol. The first kappa shape index (κ1) is 29.4. The van der Waals surface area contributed by atoms with E-state index in [4.69, 9.17) is 0 Å². The van der Waals surface area contributed by atoms with Gasteiger partial charge in [0, 0.05) is 0 Å². The second-order valence-electron chi connectivity index (χ2n) is 9.54. The Morgan fingerprint density at radius 1 is 0.700 bits per heavy atom. The van der Waals surface area contributed by atoms with Gasteiger partial charge in [-0.1, -0.05) is 77.0 Å². The van der Waals surface area contributed by atoms with Crippen LogP contribution < -0.4 is 0 Å². The lowest BCUT2D eigenvalue weighted by atomic mass is 10.1. The normalized spacial score (nSPS) is 15.9. The minimum absolute atomic E-state index is 0.349. The van der Waals surface area contributed by atoms with Gasteiger partial charge in [-0.2, -0.15) is 0 Å².